The summed E-state index contributed by atoms with van der Waals surface area (Å²) >= 11 is 0. The zero-order chi connectivity index (χ0) is 67.2. The molecule has 1 rings (SSSR count). The van der Waals surface area contributed by atoms with Gasteiger partial charge in [0, 0.05) is 12.8 Å². The molecule has 0 radical (unpaired) electrons. The Kier molecular flexibility index (Phi) is 66.7. The highest BCUT2D eigenvalue weighted by atomic mass is 16.7. The van der Waals surface area contributed by atoms with E-state index in [1.807, 2.05) is 6.08 Å². The van der Waals surface area contributed by atoms with Crippen molar-refractivity contribution in [2.24, 2.45) is 0 Å². The van der Waals surface area contributed by atoms with E-state index in [0.717, 1.165) is 77.0 Å². The molecular formula is C82H149NO10. The predicted octanol–water partition coefficient (Wildman–Crippen LogP) is 21.4. The number of aliphatic hydroxyl groups is 5. The monoisotopic (exact) mass is 1310 g/mol. The molecule has 0 aromatic rings. The van der Waals surface area contributed by atoms with Crippen LogP contribution >= 0.6 is 0 Å². The molecule has 1 aliphatic heterocycles. The first-order chi connectivity index (χ1) is 45.7. The quantitative estimate of drug-likeness (QED) is 0.0195. The lowest BCUT2D eigenvalue weighted by molar-refractivity contribution is -0.302. The number of carbonyl (C=O) groups is 2. The molecule has 6 N–H and O–H groups in total. The van der Waals surface area contributed by atoms with Gasteiger partial charge < -0.3 is 45.1 Å². The molecular weight excluding hydrogens is 1160 g/mol. The van der Waals surface area contributed by atoms with E-state index in [-0.39, 0.29) is 18.5 Å². The number of amides is 1. The number of unbranched alkanes of at least 4 members (excludes halogenated alkanes) is 46. The summed E-state index contributed by atoms with van der Waals surface area (Å²) in [5, 5.41) is 54.3. The second-order valence-electron chi connectivity index (χ2n) is 27.4. The average Bonchev–Trinajstić information content (AvgIpc) is 0.939. The van der Waals surface area contributed by atoms with Gasteiger partial charge >= 0.3 is 5.97 Å². The predicted molar refractivity (Wildman–Crippen MR) is 393 cm³/mol. The maximum atomic E-state index is 13.0. The smallest absolute Gasteiger partial charge is 0.305 e. The van der Waals surface area contributed by atoms with Gasteiger partial charge in [-0.2, -0.15) is 0 Å². The largest absolute Gasteiger partial charge is 0.466 e. The molecule has 11 heteroatoms. The summed E-state index contributed by atoms with van der Waals surface area (Å²) in [7, 11) is 0. The van der Waals surface area contributed by atoms with E-state index < -0.39 is 49.5 Å². The van der Waals surface area contributed by atoms with E-state index in [1.54, 1.807) is 6.08 Å². The fourth-order valence-electron chi connectivity index (χ4n) is 12.3. The Morgan fingerprint density at radius 2 is 0.763 bits per heavy atom. The van der Waals surface area contributed by atoms with Crippen molar-refractivity contribution in [2.75, 3.05) is 19.8 Å². The molecule has 1 saturated heterocycles. The van der Waals surface area contributed by atoms with Crippen molar-refractivity contribution in [1.29, 1.82) is 0 Å². The average molecular weight is 1310 g/mol. The number of hydrogen-bond acceptors (Lipinski definition) is 10. The maximum absolute atomic E-state index is 13.0. The van der Waals surface area contributed by atoms with Crippen LogP contribution in [-0.4, -0.2) is 100 Å². The minimum Gasteiger partial charge on any atom is -0.466 e. The van der Waals surface area contributed by atoms with Crippen molar-refractivity contribution in [3.8, 4) is 0 Å². The first-order valence-electron chi connectivity index (χ1n) is 39.7. The molecule has 0 aromatic heterocycles. The van der Waals surface area contributed by atoms with Gasteiger partial charge in [0.1, 0.15) is 24.4 Å². The number of rotatable bonds is 70. The standard InChI is InChI=1S/C82H149NO10/c1-3-5-7-9-11-13-15-16-17-18-41-44-47-50-54-58-62-66-70-78(87)91-71-67-63-59-55-51-48-45-42-39-37-35-33-31-29-27-25-23-21-19-20-22-24-26-28-30-32-34-36-38-40-43-46-49-53-57-61-65-69-77(86)83-74(73-92-82-81(90)80(89)79(88)76(72-84)93-82)75(85)68-64-60-56-52-14-12-10-8-6-4-2/h6,8,14,17-19,21,25,27,52,64,68,74-76,79-82,84-85,88-90H,3-5,7,9-13,15-16,20,22-24,26,28-51,53-63,65-67,69-73H2,1-2H3,(H,83,86)/b8-6+,18-17-,21-19-,27-25-,52-14+,68-64+. The van der Waals surface area contributed by atoms with Crippen LogP contribution in [0.5, 0.6) is 0 Å². The minimum atomic E-state index is -1.58. The van der Waals surface area contributed by atoms with Gasteiger partial charge in [0.05, 0.1) is 32.0 Å². The van der Waals surface area contributed by atoms with Gasteiger partial charge in [-0.3, -0.25) is 9.59 Å². The Hall–Kier alpha value is -2.90. The van der Waals surface area contributed by atoms with Crippen LogP contribution in [0, 0.1) is 0 Å². The third-order valence-electron chi connectivity index (χ3n) is 18.5. The number of nitrogens with one attached hydrogen (secondary N) is 1. The highest BCUT2D eigenvalue weighted by Crippen LogP contribution is 2.24. The van der Waals surface area contributed by atoms with Gasteiger partial charge in [-0.25, -0.2) is 0 Å². The first-order valence-corrected chi connectivity index (χ1v) is 39.7. The molecule has 0 aliphatic carbocycles. The van der Waals surface area contributed by atoms with Crippen LogP contribution in [0.2, 0.25) is 0 Å². The molecule has 7 atom stereocenters. The van der Waals surface area contributed by atoms with Crippen LogP contribution in [0.3, 0.4) is 0 Å². The maximum Gasteiger partial charge on any atom is 0.305 e. The molecule has 1 amide bonds. The van der Waals surface area contributed by atoms with Gasteiger partial charge in [0.2, 0.25) is 5.91 Å². The van der Waals surface area contributed by atoms with Gasteiger partial charge in [-0.1, -0.05) is 324 Å². The molecule has 0 bridgehead atoms. The summed E-state index contributed by atoms with van der Waals surface area (Å²) in [6.45, 7) is 4.23. The van der Waals surface area contributed by atoms with Gasteiger partial charge in [-0.05, 0) is 109 Å². The summed E-state index contributed by atoms with van der Waals surface area (Å²) in [6.07, 6.45) is 86.7. The fourth-order valence-corrected chi connectivity index (χ4v) is 12.3. The molecule has 93 heavy (non-hydrogen) atoms. The number of esters is 1. The second kappa shape index (κ2) is 70.4. The highest BCUT2D eigenvalue weighted by Gasteiger charge is 2.44. The molecule has 1 aliphatic rings. The topological polar surface area (TPSA) is 175 Å². The van der Waals surface area contributed by atoms with E-state index >= 15 is 0 Å². The molecule has 0 aromatic carbocycles. The van der Waals surface area contributed by atoms with Crippen LogP contribution in [-0.2, 0) is 23.8 Å². The molecule has 0 saturated carbocycles. The van der Waals surface area contributed by atoms with Gasteiger partial charge in [0.15, 0.2) is 6.29 Å². The van der Waals surface area contributed by atoms with Crippen LogP contribution < -0.4 is 5.32 Å². The lowest BCUT2D eigenvalue weighted by Crippen LogP contribution is -2.60. The first kappa shape index (κ1) is 88.1. The normalized spacial score (nSPS) is 17.9. The lowest BCUT2D eigenvalue weighted by atomic mass is 9.99. The summed E-state index contributed by atoms with van der Waals surface area (Å²) in [5.74, 6) is -0.186. The van der Waals surface area contributed by atoms with Crippen LogP contribution in [0.25, 0.3) is 0 Å². The Morgan fingerprint density at radius 1 is 0.409 bits per heavy atom. The zero-order valence-corrected chi connectivity index (χ0v) is 60.5. The van der Waals surface area contributed by atoms with Crippen molar-refractivity contribution >= 4 is 11.9 Å². The van der Waals surface area contributed by atoms with Crippen LogP contribution in [0.4, 0.5) is 0 Å². The number of allylic oxidation sites excluding steroid dienone is 11. The van der Waals surface area contributed by atoms with Crippen LogP contribution in [0.15, 0.2) is 72.9 Å². The second-order valence-corrected chi connectivity index (χ2v) is 27.4. The van der Waals surface area contributed by atoms with Crippen molar-refractivity contribution in [1.82, 2.24) is 5.32 Å². The Morgan fingerprint density at radius 3 is 1.18 bits per heavy atom. The van der Waals surface area contributed by atoms with Crippen molar-refractivity contribution in [3.05, 3.63) is 72.9 Å². The lowest BCUT2D eigenvalue weighted by Gasteiger charge is -2.40. The Labute approximate surface area is 572 Å². The Bertz CT molecular complexity index is 1780. The van der Waals surface area contributed by atoms with Crippen molar-refractivity contribution < 1.29 is 49.3 Å². The van der Waals surface area contributed by atoms with Gasteiger partial charge in [-0.15, -0.1) is 0 Å². The summed E-state index contributed by atoms with van der Waals surface area (Å²) in [5.41, 5.74) is 0. The molecule has 1 heterocycles. The minimum absolute atomic E-state index is 0.00941. The molecule has 542 valence electrons. The van der Waals surface area contributed by atoms with E-state index in [9.17, 15) is 35.1 Å². The number of carbonyl (C=O) groups excluding carboxylic acids is 2. The van der Waals surface area contributed by atoms with E-state index in [1.165, 1.54) is 270 Å². The van der Waals surface area contributed by atoms with E-state index in [0.29, 0.717) is 19.4 Å². The number of hydrogen-bond donors (Lipinski definition) is 6. The summed E-state index contributed by atoms with van der Waals surface area (Å²) in [6, 6.07) is -0.833. The molecule has 11 nitrogen and oxygen atoms in total. The van der Waals surface area contributed by atoms with Crippen LogP contribution in [0.1, 0.15) is 373 Å². The van der Waals surface area contributed by atoms with Gasteiger partial charge in [0.25, 0.3) is 0 Å². The van der Waals surface area contributed by atoms with Crippen molar-refractivity contribution in [2.45, 2.75) is 416 Å². The molecule has 1 fully saturated rings. The third-order valence-corrected chi connectivity index (χ3v) is 18.5. The molecule has 0 spiro atoms. The third kappa shape index (κ3) is 58.9. The summed E-state index contributed by atoms with van der Waals surface area (Å²) in [4.78, 5) is 25.2. The SMILES string of the molecule is CC/C=C/CC/C=C/CC/C=C/C(O)C(COC1OC(CO)C(O)C(O)C1O)NC(=O)CCCCCCCCCCCCCCCCCCC/C=C\C/C=C\CCCCCCCCCCCCCCCOC(=O)CCCCCCCCC/C=C\CCCCCCCCC. The highest BCUT2D eigenvalue weighted by molar-refractivity contribution is 5.76. The Balaban J connectivity index is 1.88. The summed E-state index contributed by atoms with van der Waals surface area (Å²) < 4.78 is 16.7. The van der Waals surface area contributed by atoms with E-state index in [4.69, 9.17) is 14.2 Å². The fraction of sp³-hybridized carbons (Fsp3) is 0.829. The molecule has 7 unspecified atom stereocenters. The zero-order valence-electron chi connectivity index (χ0n) is 60.5. The number of ether oxygens (including phenoxy) is 3. The number of aliphatic hydroxyl groups excluding tert-OH is 5. The van der Waals surface area contributed by atoms with Crippen molar-refractivity contribution in [3.63, 3.8) is 0 Å². The van der Waals surface area contributed by atoms with E-state index in [2.05, 4.69) is 79.9 Å².